The van der Waals surface area contributed by atoms with Crippen molar-refractivity contribution >= 4 is 16.8 Å². The summed E-state index contributed by atoms with van der Waals surface area (Å²) < 4.78 is 8.23. The number of rotatable bonds is 4. The molecule has 0 radical (unpaired) electrons. The Morgan fingerprint density at radius 2 is 2.14 bits per heavy atom. The smallest absolute Gasteiger partial charge is 0.213 e. The van der Waals surface area contributed by atoms with E-state index >= 15 is 0 Å². The summed E-state index contributed by atoms with van der Waals surface area (Å²) in [5.74, 6) is 2.23. The third-order valence-electron chi connectivity index (χ3n) is 5.63. The van der Waals surface area contributed by atoms with Gasteiger partial charge in [-0.25, -0.2) is 9.97 Å². The minimum Gasteiger partial charge on any atom is -0.474 e. The lowest BCUT2D eigenvalue weighted by atomic mass is 9.93. The standard InChI is InChI=1S/C20H19N7O/c1-2-13-7-14(28-18-4-3-12(9-21)10-23-18)8-15(13)20-26-25-17-11-24-19-16(27(17)20)5-6-22-19/h3-6,10-11,13-15,22H,2,7-8H2,1H3/t13-,14-,15+/m0/s1. The van der Waals surface area contributed by atoms with Crippen molar-refractivity contribution in [3.05, 3.63) is 48.2 Å². The topological polar surface area (TPSA) is 105 Å². The lowest BCUT2D eigenvalue weighted by Gasteiger charge is -2.15. The van der Waals surface area contributed by atoms with Crippen molar-refractivity contribution in [2.75, 3.05) is 0 Å². The van der Waals surface area contributed by atoms with Crippen LogP contribution in [0, 0.1) is 17.2 Å². The van der Waals surface area contributed by atoms with E-state index in [0.717, 1.165) is 41.9 Å². The Balaban J connectivity index is 1.46. The second-order valence-electron chi connectivity index (χ2n) is 7.20. The predicted octanol–water partition coefficient (Wildman–Crippen LogP) is 3.22. The van der Waals surface area contributed by atoms with E-state index in [2.05, 4.69) is 42.5 Å². The van der Waals surface area contributed by atoms with Gasteiger partial charge in [0, 0.05) is 24.4 Å². The first kappa shape index (κ1) is 16.7. The average molecular weight is 373 g/mol. The van der Waals surface area contributed by atoms with Gasteiger partial charge < -0.3 is 9.72 Å². The molecular weight excluding hydrogens is 354 g/mol. The van der Waals surface area contributed by atoms with Crippen molar-refractivity contribution < 1.29 is 4.74 Å². The van der Waals surface area contributed by atoms with Crippen molar-refractivity contribution in [3.63, 3.8) is 0 Å². The first-order valence-corrected chi connectivity index (χ1v) is 9.46. The molecule has 1 aliphatic rings. The van der Waals surface area contributed by atoms with Gasteiger partial charge >= 0.3 is 0 Å². The number of nitriles is 1. The average Bonchev–Trinajstić information content (AvgIpc) is 3.45. The lowest BCUT2D eigenvalue weighted by molar-refractivity contribution is 0.195. The number of aromatic nitrogens is 6. The summed E-state index contributed by atoms with van der Waals surface area (Å²) in [7, 11) is 0. The molecule has 8 nitrogen and oxygen atoms in total. The Morgan fingerprint density at radius 1 is 1.21 bits per heavy atom. The predicted molar refractivity (Wildman–Crippen MR) is 102 cm³/mol. The van der Waals surface area contributed by atoms with Crippen LogP contribution in [0.4, 0.5) is 0 Å². The van der Waals surface area contributed by atoms with E-state index in [1.807, 2.05) is 12.3 Å². The van der Waals surface area contributed by atoms with Crippen molar-refractivity contribution in [2.24, 2.45) is 5.92 Å². The largest absolute Gasteiger partial charge is 0.474 e. The highest BCUT2D eigenvalue weighted by Crippen LogP contribution is 2.42. The molecule has 28 heavy (non-hydrogen) atoms. The molecule has 1 aliphatic carbocycles. The van der Waals surface area contributed by atoms with E-state index in [4.69, 9.17) is 10.00 Å². The van der Waals surface area contributed by atoms with Crippen molar-refractivity contribution in [1.29, 1.82) is 5.26 Å². The molecule has 0 aliphatic heterocycles. The maximum absolute atomic E-state index is 8.91. The van der Waals surface area contributed by atoms with Gasteiger partial charge in [0.15, 0.2) is 11.3 Å². The van der Waals surface area contributed by atoms with Crippen LogP contribution in [0.15, 0.2) is 36.8 Å². The molecule has 1 fully saturated rings. The monoisotopic (exact) mass is 373 g/mol. The van der Waals surface area contributed by atoms with Crippen molar-refractivity contribution in [1.82, 2.24) is 29.5 Å². The molecule has 4 aromatic heterocycles. The van der Waals surface area contributed by atoms with Gasteiger partial charge in [-0.1, -0.05) is 13.3 Å². The SMILES string of the molecule is CC[C@H]1C[C@H](Oc2ccc(C#N)cn2)C[C@H]1c1nnc2cnc3[nH]ccc3n12. The Morgan fingerprint density at radius 3 is 2.93 bits per heavy atom. The third-order valence-corrected chi connectivity index (χ3v) is 5.63. The third kappa shape index (κ3) is 2.67. The lowest BCUT2D eigenvalue weighted by Crippen LogP contribution is -2.13. The van der Waals surface area contributed by atoms with Gasteiger partial charge in [-0.3, -0.25) is 4.40 Å². The Labute approximate surface area is 161 Å². The van der Waals surface area contributed by atoms with Gasteiger partial charge in [0.1, 0.15) is 18.0 Å². The minimum atomic E-state index is 0.0614. The summed E-state index contributed by atoms with van der Waals surface area (Å²) in [4.78, 5) is 11.8. The zero-order chi connectivity index (χ0) is 19.1. The minimum absolute atomic E-state index is 0.0614. The van der Waals surface area contributed by atoms with E-state index in [1.165, 1.54) is 0 Å². The van der Waals surface area contributed by atoms with Crippen LogP contribution in [0.5, 0.6) is 5.88 Å². The quantitative estimate of drug-likeness (QED) is 0.589. The number of pyridine rings is 1. The molecule has 0 spiro atoms. The van der Waals surface area contributed by atoms with Crippen LogP contribution in [0.25, 0.3) is 16.8 Å². The molecule has 0 aromatic carbocycles. The molecule has 4 heterocycles. The summed E-state index contributed by atoms with van der Waals surface area (Å²) in [5, 5.41) is 17.8. The summed E-state index contributed by atoms with van der Waals surface area (Å²) in [6.07, 6.45) is 8.08. The summed E-state index contributed by atoms with van der Waals surface area (Å²) >= 11 is 0. The maximum Gasteiger partial charge on any atom is 0.213 e. The molecule has 1 saturated carbocycles. The molecule has 0 unspecified atom stereocenters. The highest BCUT2D eigenvalue weighted by atomic mass is 16.5. The second-order valence-corrected chi connectivity index (χ2v) is 7.20. The van der Waals surface area contributed by atoms with Crippen LogP contribution in [-0.2, 0) is 0 Å². The first-order chi connectivity index (χ1) is 13.8. The Kier molecular flexibility index (Phi) is 3.93. The van der Waals surface area contributed by atoms with E-state index in [9.17, 15) is 0 Å². The molecule has 0 saturated heterocycles. The highest BCUT2D eigenvalue weighted by Gasteiger charge is 2.38. The zero-order valence-electron chi connectivity index (χ0n) is 15.4. The summed E-state index contributed by atoms with van der Waals surface area (Å²) in [6.45, 7) is 2.21. The molecular formula is C20H19N7O. The fraction of sp³-hybridized carbons (Fsp3) is 0.350. The van der Waals surface area contributed by atoms with Crippen LogP contribution in [0.1, 0.15) is 43.5 Å². The molecule has 3 atom stereocenters. The van der Waals surface area contributed by atoms with Gasteiger partial charge in [-0.2, -0.15) is 5.26 Å². The number of H-pyrrole nitrogens is 1. The van der Waals surface area contributed by atoms with Crippen molar-refractivity contribution in [2.45, 2.75) is 38.2 Å². The second kappa shape index (κ2) is 6.60. The molecule has 0 bridgehead atoms. The number of nitrogens with zero attached hydrogens (tertiary/aromatic N) is 6. The van der Waals surface area contributed by atoms with E-state index in [-0.39, 0.29) is 12.0 Å². The number of ether oxygens (including phenoxy) is 1. The molecule has 1 N–H and O–H groups in total. The van der Waals surface area contributed by atoms with E-state index < -0.39 is 0 Å². The first-order valence-electron chi connectivity index (χ1n) is 9.46. The number of fused-ring (bicyclic) bond motifs is 3. The van der Waals surface area contributed by atoms with Gasteiger partial charge in [0.05, 0.1) is 17.3 Å². The Hall–Kier alpha value is -3.47. The fourth-order valence-electron chi connectivity index (χ4n) is 4.26. The zero-order valence-corrected chi connectivity index (χ0v) is 15.4. The highest BCUT2D eigenvalue weighted by molar-refractivity contribution is 5.74. The molecule has 140 valence electrons. The summed E-state index contributed by atoms with van der Waals surface area (Å²) in [5.41, 5.74) is 3.11. The van der Waals surface area contributed by atoms with Crippen LogP contribution in [-0.4, -0.2) is 35.7 Å². The van der Waals surface area contributed by atoms with Crippen molar-refractivity contribution in [3.8, 4) is 11.9 Å². The Bertz CT molecular complexity index is 1170. The number of aromatic amines is 1. The number of hydrogen-bond acceptors (Lipinski definition) is 6. The summed E-state index contributed by atoms with van der Waals surface area (Å²) in [6, 6.07) is 7.57. The van der Waals surface area contributed by atoms with E-state index in [1.54, 1.807) is 24.5 Å². The normalized spacial score (nSPS) is 21.9. The van der Waals surface area contributed by atoms with Gasteiger partial charge in [0.25, 0.3) is 0 Å². The van der Waals surface area contributed by atoms with Gasteiger partial charge in [-0.05, 0) is 30.9 Å². The van der Waals surface area contributed by atoms with Crippen LogP contribution < -0.4 is 4.74 Å². The van der Waals surface area contributed by atoms with Gasteiger partial charge in [0.2, 0.25) is 5.88 Å². The fourth-order valence-corrected chi connectivity index (χ4v) is 4.26. The van der Waals surface area contributed by atoms with E-state index in [0.29, 0.717) is 17.4 Å². The van der Waals surface area contributed by atoms with Crippen LogP contribution in [0.2, 0.25) is 0 Å². The molecule has 4 aromatic rings. The number of nitrogens with one attached hydrogen (secondary N) is 1. The van der Waals surface area contributed by atoms with Crippen LogP contribution in [0.3, 0.4) is 0 Å². The van der Waals surface area contributed by atoms with Gasteiger partial charge in [-0.15, -0.1) is 10.2 Å². The molecule has 5 rings (SSSR count). The maximum atomic E-state index is 8.91. The van der Waals surface area contributed by atoms with Crippen LogP contribution >= 0.6 is 0 Å². The molecule has 8 heteroatoms. The number of hydrogen-bond donors (Lipinski definition) is 1. The molecule has 0 amide bonds.